The molecule has 0 aromatic heterocycles. The number of rotatable bonds is 11. The first-order chi connectivity index (χ1) is 18.0. The van der Waals surface area contributed by atoms with Crippen LogP contribution < -0.4 is 0 Å². The maximum absolute atomic E-state index is 12.2. The quantitative estimate of drug-likeness (QED) is 0.101. The summed E-state index contributed by atoms with van der Waals surface area (Å²) < 4.78 is 5.68. The highest BCUT2D eigenvalue weighted by Gasteiger charge is 2.27. The average Bonchev–Trinajstić information content (AvgIpc) is 2.92. The lowest BCUT2D eigenvalue weighted by atomic mass is 9.75. The van der Waals surface area contributed by atoms with Crippen molar-refractivity contribution >= 4 is 5.97 Å². The minimum Gasteiger partial charge on any atom is -0.462 e. The molecule has 2 aromatic carbocycles. The van der Waals surface area contributed by atoms with Crippen molar-refractivity contribution in [2.45, 2.75) is 108 Å². The molecule has 2 fully saturated rings. The fourth-order valence-electron chi connectivity index (χ4n) is 5.90. The van der Waals surface area contributed by atoms with Crippen LogP contribution >= 0.6 is 0 Å². The summed E-state index contributed by atoms with van der Waals surface area (Å²) in [5, 5.41) is 0. The second-order valence-corrected chi connectivity index (χ2v) is 11.1. The highest BCUT2D eigenvalue weighted by Crippen LogP contribution is 2.41. The van der Waals surface area contributed by atoms with E-state index in [-0.39, 0.29) is 18.5 Å². The third-order valence-corrected chi connectivity index (χ3v) is 8.23. The Morgan fingerprint density at radius 1 is 0.784 bits per heavy atom. The van der Waals surface area contributed by atoms with E-state index in [1.54, 1.807) is 0 Å². The largest absolute Gasteiger partial charge is 0.462 e. The van der Waals surface area contributed by atoms with Gasteiger partial charge >= 0.3 is 5.97 Å². The number of esters is 1. The van der Waals surface area contributed by atoms with Crippen LogP contribution in [0.2, 0.25) is 0 Å². The van der Waals surface area contributed by atoms with E-state index in [1.165, 1.54) is 47.9 Å². The zero-order valence-electron chi connectivity index (χ0n) is 22.8. The Hall–Kier alpha value is -2.59. The number of hydrogen-bond acceptors (Lipinski definition) is 4. The van der Waals surface area contributed by atoms with E-state index < -0.39 is 0 Å². The number of ether oxygens (including phenoxy) is 1. The van der Waals surface area contributed by atoms with E-state index in [4.69, 9.17) is 14.5 Å². The molecule has 0 amide bonds. The summed E-state index contributed by atoms with van der Waals surface area (Å²) in [4.78, 5) is 22.4. The van der Waals surface area contributed by atoms with Gasteiger partial charge in [-0.05, 0) is 99.2 Å². The lowest BCUT2D eigenvalue weighted by molar-refractivity contribution is -0.264. The van der Waals surface area contributed by atoms with Crippen LogP contribution in [0.3, 0.4) is 0 Å². The van der Waals surface area contributed by atoms with E-state index in [9.17, 15) is 4.79 Å². The summed E-state index contributed by atoms with van der Waals surface area (Å²) in [6.45, 7) is 8.50. The van der Waals surface area contributed by atoms with Crippen LogP contribution in [0.25, 0.3) is 0 Å². The molecule has 4 rings (SSSR count). The summed E-state index contributed by atoms with van der Waals surface area (Å²) in [7, 11) is 0. The Bertz CT molecular complexity index is 978. The van der Waals surface area contributed by atoms with Crippen molar-refractivity contribution in [2.24, 2.45) is 0 Å². The molecule has 0 aliphatic heterocycles. The lowest BCUT2D eigenvalue weighted by Gasteiger charge is -2.30. The molecule has 0 saturated heterocycles. The highest BCUT2D eigenvalue weighted by atomic mass is 17.2. The third kappa shape index (κ3) is 8.20. The minimum atomic E-state index is -0.283. The number of hydrogen-bond donors (Lipinski definition) is 0. The molecule has 200 valence electrons. The number of carbonyl (C=O) groups excluding carboxylic acids is 1. The molecule has 0 radical (unpaired) electrons. The Balaban J connectivity index is 1.17. The van der Waals surface area contributed by atoms with Crippen molar-refractivity contribution in [1.29, 1.82) is 0 Å². The van der Waals surface area contributed by atoms with Crippen LogP contribution in [0.4, 0.5) is 0 Å². The maximum atomic E-state index is 12.2. The summed E-state index contributed by atoms with van der Waals surface area (Å²) in [5.74, 6) is 1.96. The summed E-state index contributed by atoms with van der Waals surface area (Å²) in [6, 6.07) is 18.6. The van der Waals surface area contributed by atoms with Crippen LogP contribution in [0.15, 0.2) is 60.9 Å². The van der Waals surface area contributed by atoms with E-state index in [0.29, 0.717) is 30.1 Å². The topological polar surface area (TPSA) is 44.8 Å². The zero-order valence-corrected chi connectivity index (χ0v) is 22.8. The van der Waals surface area contributed by atoms with Crippen molar-refractivity contribution in [3.05, 3.63) is 83.1 Å². The number of unbranched alkanes of at least 4 members (excludes halogenated alkanes) is 1. The predicted molar refractivity (Wildman–Crippen MR) is 148 cm³/mol. The molecule has 2 aromatic rings. The van der Waals surface area contributed by atoms with Crippen LogP contribution in [0.1, 0.15) is 118 Å². The van der Waals surface area contributed by atoms with Crippen LogP contribution in [-0.2, 0) is 19.3 Å². The van der Waals surface area contributed by atoms with Gasteiger partial charge in [0.25, 0.3) is 0 Å². The van der Waals surface area contributed by atoms with E-state index in [2.05, 4.69) is 69.0 Å². The van der Waals surface area contributed by atoms with E-state index in [0.717, 1.165) is 38.5 Å². The molecular formula is C33H44O4. The van der Waals surface area contributed by atoms with Crippen LogP contribution in [0, 0.1) is 6.92 Å². The molecular weight excluding hydrogens is 460 g/mol. The van der Waals surface area contributed by atoms with E-state index >= 15 is 0 Å². The molecule has 0 bridgehead atoms. The summed E-state index contributed by atoms with van der Waals surface area (Å²) in [5.41, 5.74) is 5.77. The lowest BCUT2D eigenvalue weighted by Crippen LogP contribution is -2.24. The predicted octanol–water partition coefficient (Wildman–Crippen LogP) is 8.66. The van der Waals surface area contributed by atoms with Crippen molar-refractivity contribution in [3.63, 3.8) is 0 Å². The molecule has 2 saturated carbocycles. The highest BCUT2D eigenvalue weighted by molar-refractivity contribution is 5.71. The second-order valence-electron chi connectivity index (χ2n) is 11.1. The number of benzene rings is 2. The number of aryl methyl sites for hydroxylation is 1. The smallest absolute Gasteiger partial charge is 0.313 e. The molecule has 4 nitrogen and oxygen atoms in total. The first-order valence-corrected chi connectivity index (χ1v) is 14.3. The van der Waals surface area contributed by atoms with Gasteiger partial charge in [-0.15, -0.1) is 0 Å². The van der Waals surface area contributed by atoms with Gasteiger partial charge < -0.3 is 9.62 Å². The van der Waals surface area contributed by atoms with Gasteiger partial charge in [0, 0.05) is 0 Å². The first-order valence-electron chi connectivity index (χ1n) is 14.3. The molecule has 2 aliphatic carbocycles. The van der Waals surface area contributed by atoms with Gasteiger partial charge in [0.05, 0.1) is 6.61 Å². The molecule has 0 spiro atoms. The van der Waals surface area contributed by atoms with Crippen LogP contribution in [-0.4, -0.2) is 18.7 Å². The minimum absolute atomic E-state index is 0.0134. The SMILES string of the molecule is C=C(CC(=O)OC1CCC(c2ccc(C3CCC(c4ccc(C)cc4)CC3)cc2)CC1)OOCCCC. The summed E-state index contributed by atoms with van der Waals surface area (Å²) >= 11 is 0. The molecule has 0 unspecified atom stereocenters. The maximum Gasteiger partial charge on any atom is 0.313 e. The van der Waals surface area contributed by atoms with Crippen molar-refractivity contribution in [2.75, 3.05) is 6.61 Å². The third-order valence-electron chi connectivity index (χ3n) is 8.23. The monoisotopic (exact) mass is 504 g/mol. The van der Waals surface area contributed by atoms with Gasteiger partial charge in [-0.2, -0.15) is 4.89 Å². The molecule has 4 heteroatoms. The second kappa shape index (κ2) is 13.8. The van der Waals surface area contributed by atoms with Gasteiger partial charge in [-0.1, -0.05) is 74.0 Å². The van der Waals surface area contributed by atoms with Gasteiger partial charge in [0.15, 0.2) is 0 Å². The normalized spacial score (nSPS) is 23.8. The Morgan fingerprint density at radius 3 is 1.73 bits per heavy atom. The average molecular weight is 505 g/mol. The van der Waals surface area contributed by atoms with Gasteiger partial charge in [0.2, 0.25) is 0 Å². The Kier molecular flexibility index (Phi) is 10.2. The summed E-state index contributed by atoms with van der Waals surface area (Å²) in [6.07, 6.45) is 11.0. The fraction of sp³-hybridized carbons (Fsp3) is 0.545. The Labute approximate surface area is 223 Å². The molecule has 0 N–H and O–H groups in total. The molecule has 0 heterocycles. The van der Waals surface area contributed by atoms with Gasteiger partial charge in [-0.3, -0.25) is 4.79 Å². The van der Waals surface area contributed by atoms with Crippen molar-refractivity contribution in [1.82, 2.24) is 0 Å². The van der Waals surface area contributed by atoms with Gasteiger partial charge in [-0.25, -0.2) is 0 Å². The van der Waals surface area contributed by atoms with Crippen molar-refractivity contribution in [3.8, 4) is 0 Å². The first kappa shape index (κ1) is 27.4. The molecule has 37 heavy (non-hydrogen) atoms. The standard InChI is InChI=1S/C33H44O4/c1-4-5-22-35-37-25(3)23-33(34)36-32-20-18-31(19-21-32)30-16-14-29(15-17-30)28-12-10-27(11-13-28)26-8-6-24(2)7-9-26/h6-9,14-17,27-28,31-32H,3-5,10-13,18-23H2,1-2H3. The van der Waals surface area contributed by atoms with Crippen LogP contribution in [0.5, 0.6) is 0 Å². The zero-order chi connectivity index (χ0) is 26.0. The molecule has 0 atom stereocenters. The van der Waals surface area contributed by atoms with Gasteiger partial charge in [0.1, 0.15) is 18.3 Å². The van der Waals surface area contributed by atoms with E-state index in [1.807, 2.05) is 0 Å². The molecule has 2 aliphatic rings. The van der Waals surface area contributed by atoms with Crippen molar-refractivity contribution < 1.29 is 19.3 Å². The Morgan fingerprint density at radius 2 is 1.24 bits per heavy atom. The number of carbonyl (C=O) groups is 1. The fourth-order valence-corrected chi connectivity index (χ4v) is 5.90.